The molecule has 0 amide bonds. The summed E-state index contributed by atoms with van der Waals surface area (Å²) in [4.78, 5) is 0. The molecule has 0 N–H and O–H groups in total. The predicted molar refractivity (Wildman–Crippen MR) is 335 cm³/mol. The minimum absolute atomic E-state index is 0.0353. The van der Waals surface area contributed by atoms with E-state index >= 15 is 0 Å². The van der Waals surface area contributed by atoms with Crippen LogP contribution in [0.3, 0.4) is 0 Å². The van der Waals surface area contributed by atoms with Gasteiger partial charge in [-0.05, 0) is 0 Å². The molecule has 0 aliphatic heterocycles. The number of fused-ring (bicyclic) bond motifs is 2. The quantitative estimate of drug-likeness (QED) is 0.113. The normalized spacial score (nSPS) is 19.2. The molecule has 4 aliphatic rings. The Bertz CT molecular complexity index is 2950. The van der Waals surface area contributed by atoms with Crippen LogP contribution in [0.2, 0.25) is 13.1 Å². The average molecular weight is 1140 g/mol. The van der Waals surface area contributed by atoms with Gasteiger partial charge in [-0.2, -0.15) is 0 Å². The van der Waals surface area contributed by atoms with Crippen LogP contribution >= 0.6 is 17.0 Å². The molecule has 399 valence electrons. The van der Waals surface area contributed by atoms with Crippen molar-refractivity contribution < 1.29 is 15.6 Å². The van der Waals surface area contributed by atoms with Gasteiger partial charge < -0.3 is 0 Å². The predicted octanol–water partition coefficient (Wildman–Crippen LogP) is 22.3. The first-order valence-electron chi connectivity index (χ1n) is 29.5. The third kappa shape index (κ3) is 10.4. The Labute approximate surface area is 469 Å². The fourth-order valence-electron chi connectivity index (χ4n) is 14.3. The molecule has 0 nitrogen and oxygen atoms in total. The zero-order chi connectivity index (χ0) is 54.4. The van der Waals surface area contributed by atoms with E-state index in [9.17, 15) is 17.0 Å². The van der Waals surface area contributed by atoms with Crippen molar-refractivity contribution in [3.8, 4) is 44.5 Å². The van der Waals surface area contributed by atoms with Crippen LogP contribution < -0.4 is 0 Å². The molecular weight excluding hydrogens is 1060 g/mol. The summed E-state index contributed by atoms with van der Waals surface area (Å²) in [7, 11) is 19.5. The molecule has 76 heavy (non-hydrogen) atoms. The molecule has 0 spiro atoms. The van der Waals surface area contributed by atoms with E-state index in [1.54, 1.807) is 0 Å². The van der Waals surface area contributed by atoms with Gasteiger partial charge in [0.15, 0.2) is 0 Å². The molecule has 0 heterocycles. The molecule has 0 saturated heterocycles. The number of hydrogen-bond acceptors (Lipinski definition) is 0. The molecule has 2 unspecified atom stereocenters. The summed E-state index contributed by atoms with van der Waals surface area (Å²) in [6, 6.07) is 48.0. The van der Waals surface area contributed by atoms with Gasteiger partial charge in [0.05, 0.1) is 0 Å². The summed E-state index contributed by atoms with van der Waals surface area (Å²) >= 11 is -5.52. The Morgan fingerprint density at radius 1 is 0.382 bits per heavy atom. The molecular formula is C72H89Cl2SiZr. The average Bonchev–Trinajstić information content (AvgIpc) is 4.35. The van der Waals surface area contributed by atoms with E-state index in [1.807, 2.05) is 0 Å². The van der Waals surface area contributed by atoms with E-state index in [1.165, 1.54) is 152 Å². The first-order valence-corrected chi connectivity index (χ1v) is 45.8. The van der Waals surface area contributed by atoms with Crippen LogP contribution in [0, 0.1) is 11.8 Å². The molecule has 0 aromatic heterocycles. The molecule has 0 bridgehead atoms. The van der Waals surface area contributed by atoms with Crippen molar-refractivity contribution in [1.82, 2.24) is 0 Å². The second kappa shape index (κ2) is 20.5. The Morgan fingerprint density at radius 3 is 0.882 bits per heavy atom. The van der Waals surface area contributed by atoms with Crippen LogP contribution in [-0.2, 0) is 37.2 Å². The van der Waals surface area contributed by atoms with Gasteiger partial charge in [-0.15, -0.1) is 0 Å². The van der Waals surface area contributed by atoms with Crippen LogP contribution in [0.15, 0.2) is 132 Å². The van der Waals surface area contributed by atoms with Crippen molar-refractivity contribution in [2.75, 3.05) is 0 Å². The monoisotopic (exact) mass is 1140 g/mol. The molecule has 2 atom stereocenters. The van der Waals surface area contributed by atoms with E-state index in [0.29, 0.717) is 11.8 Å². The zero-order valence-corrected chi connectivity index (χ0v) is 54.0. The summed E-state index contributed by atoms with van der Waals surface area (Å²) < 4.78 is -0.0706. The minimum atomic E-state index is -5.52. The first-order chi connectivity index (χ1) is 35.7. The molecule has 2 saturated carbocycles. The molecule has 4 aliphatic carbocycles. The van der Waals surface area contributed by atoms with E-state index in [-0.39, 0.29) is 28.9 Å². The van der Waals surface area contributed by atoms with E-state index in [2.05, 4.69) is 230 Å². The van der Waals surface area contributed by atoms with Crippen LogP contribution in [0.1, 0.15) is 199 Å². The summed E-state index contributed by atoms with van der Waals surface area (Å²) in [5, 5.41) is 0. The maximum atomic E-state index is 9.74. The summed E-state index contributed by atoms with van der Waals surface area (Å²) in [5.74, 6) is -0.702. The van der Waals surface area contributed by atoms with E-state index in [4.69, 9.17) is 0 Å². The number of rotatable bonds is 11. The van der Waals surface area contributed by atoms with Gasteiger partial charge in [-0.25, -0.2) is 0 Å². The Balaban J connectivity index is 1.28. The second-order valence-corrected chi connectivity index (χ2v) is 71.2. The van der Waals surface area contributed by atoms with Crippen LogP contribution in [0.25, 0.3) is 56.7 Å². The van der Waals surface area contributed by atoms with Gasteiger partial charge in [-0.1, -0.05) is 0 Å². The number of benzene rings is 6. The van der Waals surface area contributed by atoms with Crippen LogP contribution in [0.5, 0.6) is 0 Å². The van der Waals surface area contributed by atoms with Crippen molar-refractivity contribution in [2.45, 2.75) is 189 Å². The topological polar surface area (TPSA) is 0 Å². The number of hydrogen-bond donors (Lipinski definition) is 0. The van der Waals surface area contributed by atoms with Crippen molar-refractivity contribution in [1.29, 1.82) is 0 Å². The van der Waals surface area contributed by atoms with Gasteiger partial charge in [0.2, 0.25) is 0 Å². The zero-order valence-electron chi connectivity index (χ0n) is 48.9. The van der Waals surface area contributed by atoms with Gasteiger partial charge in [-0.3, -0.25) is 0 Å². The summed E-state index contributed by atoms with van der Waals surface area (Å²) in [6.45, 7) is 33.0. The van der Waals surface area contributed by atoms with Crippen molar-refractivity contribution in [2.24, 2.45) is 11.8 Å². The number of allylic oxidation sites excluding steroid dienone is 2. The van der Waals surface area contributed by atoms with Crippen LogP contribution in [-0.4, -0.2) is 5.92 Å². The SMILES string of the molecule is C[SiH](C)[Zr]([Cl])([Cl])([CH]1C(CC2CCCC2)=Cc2c(-c3ccc(C(C)(C)C)cc3)ccc(-c3ccc(C(C)(C)C)cc3)c21)[CH]1C(CC2CCCC2)=Cc2c(-c3ccc(C(C)(C)C)cc3)ccc(-c3ccc(C(C)(C)C)cc3)c21. The van der Waals surface area contributed by atoms with Crippen molar-refractivity contribution in [3.05, 3.63) is 177 Å². The van der Waals surface area contributed by atoms with Gasteiger partial charge in [0.1, 0.15) is 0 Å². The molecule has 2 fully saturated rings. The van der Waals surface area contributed by atoms with Crippen molar-refractivity contribution in [3.63, 3.8) is 0 Å². The van der Waals surface area contributed by atoms with Gasteiger partial charge in [0.25, 0.3) is 0 Å². The third-order valence-electron chi connectivity index (χ3n) is 19.0. The summed E-state index contributed by atoms with van der Waals surface area (Å²) in [6.07, 6.45) is 17.9. The molecule has 10 rings (SSSR count). The fraction of sp³-hybridized carbons (Fsp3) is 0.444. The van der Waals surface area contributed by atoms with Gasteiger partial charge in [0, 0.05) is 0 Å². The second-order valence-electron chi connectivity index (χ2n) is 28.7. The molecule has 0 radical (unpaired) electrons. The standard InChI is InChI=1S/2C35H41.C2H7Si.2ClH.Zr/c2*1-34(2,3)28-15-11-26(12-16-28)30-19-20-31(27-13-17-29(18-14-27)35(4,5)6)33-23-25(22-32(30)33)21-24-9-7-8-10-24;1-3-2;;;/h2*11-20,22-24H,7-10,21H2,1-6H3;3H,1-2H3;2*1H;/q;;;;;+2/p-2. The number of halogens is 2. The molecule has 6 aromatic carbocycles. The molecule has 6 aromatic rings. The summed E-state index contributed by atoms with van der Waals surface area (Å²) in [5.41, 5.74) is 24.6. The van der Waals surface area contributed by atoms with E-state index < -0.39 is 21.5 Å². The van der Waals surface area contributed by atoms with E-state index in [0.717, 1.165) is 12.8 Å². The Kier molecular flexibility index (Phi) is 15.1. The fourth-order valence-corrected chi connectivity index (χ4v) is 45.4. The Hall–Kier alpha value is -3.52. The van der Waals surface area contributed by atoms with Crippen molar-refractivity contribution >= 4 is 35.1 Å². The Morgan fingerprint density at radius 2 is 0.632 bits per heavy atom. The van der Waals surface area contributed by atoms with Gasteiger partial charge >= 0.3 is 473 Å². The maximum absolute atomic E-state index is 9.74. The first kappa shape index (κ1) is 55.8. The van der Waals surface area contributed by atoms with Crippen LogP contribution in [0.4, 0.5) is 0 Å². The third-order valence-corrected chi connectivity index (χ3v) is 70.7. The molecule has 4 heteroatoms.